The molecule has 1 atom stereocenters. The molecule has 1 aromatic heterocycles. The molecule has 1 aliphatic heterocycles. The topological polar surface area (TPSA) is 69.7 Å². The van der Waals surface area contributed by atoms with Gasteiger partial charge in [-0.15, -0.1) is 0 Å². The van der Waals surface area contributed by atoms with Crippen LogP contribution in [0, 0.1) is 11.3 Å². The van der Waals surface area contributed by atoms with Crippen molar-refractivity contribution in [2.75, 3.05) is 19.6 Å². The number of para-hydroxylation sites is 1. The third-order valence-corrected chi connectivity index (χ3v) is 4.63. The molecule has 1 saturated carbocycles. The van der Waals surface area contributed by atoms with E-state index in [1.807, 2.05) is 30.3 Å². The maximum absolute atomic E-state index is 12.7. The van der Waals surface area contributed by atoms with E-state index in [1.165, 1.54) is 0 Å². The summed E-state index contributed by atoms with van der Waals surface area (Å²) in [5.74, 6) is 0.975. The molecule has 0 bridgehead atoms. The fourth-order valence-electron chi connectivity index (χ4n) is 3.19. The predicted octanol–water partition coefficient (Wildman–Crippen LogP) is 2.88. The number of hydrogen-bond donors (Lipinski definition) is 0. The van der Waals surface area contributed by atoms with Crippen LogP contribution in [0.4, 0.5) is 0 Å². The monoisotopic (exact) mass is 337 g/mol. The zero-order valence-electron chi connectivity index (χ0n) is 13.8. The van der Waals surface area contributed by atoms with Crippen LogP contribution in [0.1, 0.15) is 23.4 Å². The Balaban J connectivity index is 1.42. The first-order valence-electron chi connectivity index (χ1n) is 8.52. The van der Waals surface area contributed by atoms with Gasteiger partial charge in [-0.1, -0.05) is 18.2 Å². The van der Waals surface area contributed by atoms with Gasteiger partial charge in [0, 0.05) is 25.2 Å². The first kappa shape index (κ1) is 15.7. The number of furan rings is 1. The number of piperazine rings is 1. The van der Waals surface area contributed by atoms with Crippen LogP contribution in [0.25, 0.3) is 0 Å². The largest absolute Gasteiger partial charge is 0.426 e. The van der Waals surface area contributed by atoms with Crippen LogP contribution >= 0.6 is 0 Å². The Morgan fingerprint density at radius 1 is 1.16 bits per heavy atom. The molecule has 6 heteroatoms. The van der Waals surface area contributed by atoms with Crippen molar-refractivity contribution >= 4 is 5.91 Å². The van der Waals surface area contributed by atoms with E-state index < -0.39 is 0 Å². The summed E-state index contributed by atoms with van der Waals surface area (Å²) in [4.78, 5) is 16.6. The second-order valence-corrected chi connectivity index (χ2v) is 6.40. The zero-order chi connectivity index (χ0) is 17.2. The van der Waals surface area contributed by atoms with Gasteiger partial charge in [0.1, 0.15) is 11.8 Å². The molecule has 1 aliphatic carbocycles. The van der Waals surface area contributed by atoms with Crippen molar-refractivity contribution in [1.82, 2.24) is 9.80 Å². The lowest BCUT2D eigenvalue weighted by Gasteiger charge is -2.38. The lowest BCUT2D eigenvalue weighted by molar-refractivity contribution is 0.0518. The third-order valence-electron chi connectivity index (χ3n) is 4.63. The molecule has 0 radical (unpaired) electrons. The van der Waals surface area contributed by atoms with Crippen molar-refractivity contribution in [2.45, 2.75) is 24.9 Å². The van der Waals surface area contributed by atoms with E-state index in [-0.39, 0.29) is 23.7 Å². The summed E-state index contributed by atoms with van der Waals surface area (Å²) in [6.45, 7) is 1.77. The Bertz CT molecular complexity index is 792. The number of carbonyl (C=O) groups excluding carboxylic acids is 1. The van der Waals surface area contributed by atoms with E-state index in [0.717, 1.165) is 19.4 Å². The molecule has 1 aromatic carbocycles. The van der Waals surface area contributed by atoms with E-state index in [4.69, 9.17) is 9.15 Å². The quantitative estimate of drug-likeness (QED) is 0.858. The summed E-state index contributed by atoms with van der Waals surface area (Å²) in [5.41, 5.74) is 0. The van der Waals surface area contributed by atoms with Crippen LogP contribution in [0.2, 0.25) is 0 Å². The lowest BCUT2D eigenvalue weighted by atomic mass is 10.1. The number of nitrogens with zero attached hydrogens (tertiary/aromatic N) is 3. The van der Waals surface area contributed by atoms with E-state index in [9.17, 15) is 10.1 Å². The van der Waals surface area contributed by atoms with Crippen molar-refractivity contribution in [1.29, 1.82) is 5.26 Å². The van der Waals surface area contributed by atoms with Crippen LogP contribution < -0.4 is 4.74 Å². The second-order valence-electron chi connectivity index (χ2n) is 6.40. The lowest BCUT2D eigenvalue weighted by Crippen LogP contribution is -2.54. The molecule has 1 saturated heterocycles. The Labute approximate surface area is 146 Å². The molecule has 128 valence electrons. The summed E-state index contributed by atoms with van der Waals surface area (Å²) in [5, 5.41) is 9.40. The number of rotatable bonds is 4. The maximum Gasteiger partial charge on any atom is 0.290 e. The highest BCUT2D eigenvalue weighted by Crippen LogP contribution is 2.31. The Morgan fingerprint density at radius 2 is 1.96 bits per heavy atom. The van der Waals surface area contributed by atoms with Crippen molar-refractivity contribution in [3.63, 3.8) is 0 Å². The van der Waals surface area contributed by atoms with Crippen molar-refractivity contribution in [3.05, 3.63) is 48.2 Å². The molecule has 6 nitrogen and oxygen atoms in total. The third kappa shape index (κ3) is 3.37. The molecular formula is C19H19N3O3. The van der Waals surface area contributed by atoms with Gasteiger partial charge >= 0.3 is 0 Å². The van der Waals surface area contributed by atoms with Crippen molar-refractivity contribution in [3.8, 4) is 17.8 Å². The van der Waals surface area contributed by atoms with Gasteiger partial charge in [0.2, 0.25) is 0 Å². The van der Waals surface area contributed by atoms with Crippen LogP contribution in [0.5, 0.6) is 11.7 Å². The average molecular weight is 337 g/mol. The molecule has 0 N–H and O–H groups in total. The van der Waals surface area contributed by atoms with Gasteiger partial charge in [0.25, 0.3) is 11.9 Å². The number of amides is 1. The molecule has 4 rings (SSSR count). The van der Waals surface area contributed by atoms with E-state index >= 15 is 0 Å². The summed E-state index contributed by atoms with van der Waals surface area (Å²) in [6, 6.07) is 15.1. The Hall–Kier alpha value is -2.78. The van der Waals surface area contributed by atoms with E-state index in [2.05, 4.69) is 11.0 Å². The van der Waals surface area contributed by atoms with Gasteiger partial charge in [-0.3, -0.25) is 9.69 Å². The molecule has 1 unspecified atom stereocenters. The van der Waals surface area contributed by atoms with Crippen molar-refractivity contribution in [2.24, 2.45) is 0 Å². The SMILES string of the molecule is N#CC1CN(C(=O)c2ccc(Oc3ccccc3)o2)CCN1C1CC1. The number of ether oxygens (including phenoxy) is 1. The van der Waals surface area contributed by atoms with Gasteiger partial charge in [-0.25, -0.2) is 0 Å². The Kier molecular flexibility index (Phi) is 4.16. The molecule has 2 fully saturated rings. The highest BCUT2D eigenvalue weighted by molar-refractivity contribution is 5.91. The molecule has 2 heterocycles. The predicted molar refractivity (Wildman–Crippen MR) is 90.3 cm³/mol. The van der Waals surface area contributed by atoms with Crippen LogP contribution in [0.3, 0.4) is 0 Å². The summed E-state index contributed by atoms with van der Waals surface area (Å²) >= 11 is 0. The van der Waals surface area contributed by atoms with E-state index in [0.29, 0.717) is 24.9 Å². The van der Waals surface area contributed by atoms with Crippen LogP contribution in [-0.4, -0.2) is 47.4 Å². The van der Waals surface area contributed by atoms with Gasteiger partial charge in [-0.05, 0) is 31.0 Å². The van der Waals surface area contributed by atoms with E-state index in [1.54, 1.807) is 17.0 Å². The second kappa shape index (κ2) is 6.61. The first-order chi connectivity index (χ1) is 12.2. The first-order valence-corrected chi connectivity index (χ1v) is 8.52. The number of nitriles is 1. The highest BCUT2D eigenvalue weighted by atomic mass is 16.6. The summed E-state index contributed by atoms with van der Waals surface area (Å²) in [7, 11) is 0. The zero-order valence-corrected chi connectivity index (χ0v) is 13.8. The van der Waals surface area contributed by atoms with Crippen molar-refractivity contribution < 1.29 is 13.9 Å². The fraction of sp³-hybridized carbons (Fsp3) is 0.368. The number of benzene rings is 1. The molecule has 1 amide bonds. The number of hydrogen-bond acceptors (Lipinski definition) is 5. The summed E-state index contributed by atoms with van der Waals surface area (Å²) in [6.07, 6.45) is 2.31. The van der Waals surface area contributed by atoms with Gasteiger partial charge in [0.05, 0.1) is 12.6 Å². The van der Waals surface area contributed by atoms with Gasteiger partial charge in [-0.2, -0.15) is 5.26 Å². The van der Waals surface area contributed by atoms with Crippen LogP contribution in [-0.2, 0) is 0 Å². The molecule has 2 aromatic rings. The minimum Gasteiger partial charge on any atom is -0.426 e. The standard InChI is InChI=1S/C19H19N3O3/c20-12-15-13-21(10-11-22(15)14-6-7-14)19(23)17-8-9-18(25-17)24-16-4-2-1-3-5-16/h1-5,8-9,14-15H,6-7,10-11,13H2. The molecule has 25 heavy (non-hydrogen) atoms. The molecule has 0 spiro atoms. The molecular weight excluding hydrogens is 318 g/mol. The smallest absolute Gasteiger partial charge is 0.290 e. The van der Waals surface area contributed by atoms with Gasteiger partial charge in [0.15, 0.2) is 5.76 Å². The molecule has 2 aliphatic rings. The normalized spacial score (nSPS) is 20.9. The maximum atomic E-state index is 12.7. The Morgan fingerprint density at radius 3 is 2.68 bits per heavy atom. The average Bonchev–Trinajstić information content (AvgIpc) is 3.40. The van der Waals surface area contributed by atoms with Crippen LogP contribution in [0.15, 0.2) is 46.9 Å². The van der Waals surface area contributed by atoms with Gasteiger partial charge < -0.3 is 14.1 Å². The minimum atomic E-state index is -0.236. The number of carbonyl (C=O) groups is 1. The minimum absolute atomic E-state index is 0.196. The highest BCUT2D eigenvalue weighted by Gasteiger charge is 2.39. The summed E-state index contributed by atoms with van der Waals surface area (Å²) < 4.78 is 11.1. The fourth-order valence-corrected chi connectivity index (χ4v) is 3.19.